The molecule has 0 saturated heterocycles. The molecular weight excluding hydrogens is 262 g/mol. The van der Waals surface area contributed by atoms with Crippen LogP contribution in [0.15, 0.2) is 42.5 Å². The molecule has 3 nitrogen and oxygen atoms in total. The summed E-state index contributed by atoms with van der Waals surface area (Å²) >= 11 is 0. The van der Waals surface area contributed by atoms with Gasteiger partial charge in [0.2, 0.25) is 0 Å². The van der Waals surface area contributed by atoms with Crippen LogP contribution >= 0.6 is 0 Å². The van der Waals surface area contributed by atoms with Gasteiger partial charge in [-0.05, 0) is 54.9 Å². The lowest BCUT2D eigenvalue weighted by Crippen LogP contribution is -2.30. The second kappa shape index (κ2) is 5.78. The molecule has 2 atom stereocenters. The van der Waals surface area contributed by atoms with Crippen molar-refractivity contribution in [2.75, 3.05) is 14.2 Å². The fourth-order valence-electron chi connectivity index (χ4n) is 3.02. The molecule has 0 radical (unpaired) electrons. The molecule has 1 aliphatic rings. The largest absolute Gasteiger partial charge is 0.497 e. The van der Waals surface area contributed by atoms with E-state index in [0.29, 0.717) is 0 Å². The summed E-state index contributed by atoms with van der Waals surface area (Å²) in [5.74, 6) is 1.82. The number of ether oxygens (including phenoxy) is 2. The molecule has 110 valence electrons. The van der Waals surface area contributed by atoms with E-state index >= 15 is 0 Å². The Kier molecular flexibility index (Phi) is 3.84. The number of fused-ring (bicyclic) bond motifs is 1. The highest BCUT2D eigenvalue weighted by molar-refractivity contribution is 5.43. The molecule has 3 rings (SSSR count). The van der Waals surface area contributed by atoms with Gasteiger partial charge in [-0.25, -0.2) is 0 Å². The first-order valence-electron chi connectivity index (χ1n) is 7.28. The first kappa shape index (κ1) is 14.0. The summed E-state index contributed by atoms with van der Waals surface area (Å²) in [7, 11) is 3.68. The van der Waals surface area contributed by atoms with Crippen LogP contribution < -0.4 is 14.8 Å². The number of nitrogens with one attached hydrogen (secondary N) is 1. The van der Waals surface area contributed by atoms with Crippen LogP contribution in [0.25, 0.3) is 0 Å². The van der Waals surface area contributed by atoms with Gasteiger partial charge < -0.3 is 14.8 Å². The van der Waals surface area contributed by atoms with E-state index < -0.39 is 0 Å². The van der Waals surface area contributed by atoms with Gasteiger partial charge in [0.15, 0.2) is 0 Å². The van der Waals surface area contributed by atoms with Crippen molar-refractivity contribution in [3.05, 3.63) is 59.2 Å². The van der Waals surface area contributed by atoms with Gasteiger partial charge in [-0.2, -0.15) is 0 Å². The van der Waals surface area contributed by atoms with E-state index in [9.17, 15) is 0 Å². The molecule has 0 fully saturated rings. The molecule has 2 aromatic rings. The van der Waals surface area contributed by atoms with E-state index in [0.717, 1.165) is 17.9 Å². The van der Waals surface area contributed by atoms with Crippen LogP contribution in [-0.2, 0) is 6.42 Å². The van der Waals surface area contributed by atoms with Crippen molar-refractivity contribution in [1.29, 1.82) is 0 Å². The van der Waals surface area contributed by atoms with Crippen molar-refractivity contribution >= 4 is 0 Å². The van der Waals surface area contributed by atoms with E-state index in [-0.39, 0.29) is 12.1 Å². The Labute approximate surface area is 125 Å². The lowest BCUT2D eigenvalue weighted by Gasteiger charge is -2.21. The van der Waals surface area contributed by atoms with Crippen molar-refractivity contribution < 1.29 is 9.47 Å². The standard InChI is InChI=1S/C18H21NO2/c1-12-5-4-6-15(9-12)21-17-10-13-7-8-14(20-3)11-16(13)18(17)19-2/h4-9,11,17-19H,10H2,1-3H3. The minimum Gasteiger partial charge on any atom is -0.497 e. The highest BCUT2D eigenvalue weighted by atomic mass is 16.5. The monoisotopic (exact) mass is 283 g/mol. The lowest BCUT2D eigenvalue weighted by molar-refractivity contribution is 0.171. The SMILES string of the molecule is CNC1c2cc(OC)ccc2CC1Oc1cccc(C)c1. The van der Waals surface area contributed by atoms with Crippen molar-refractivity contribution in [3.8, 4) is 11.5 Å². The molecular formula is C18H21NO2. The van der Waals surface area contributed by atoms with Crippen LogP contribution in [0.4, 0.5) is 0 Å². The van der Waals surface area contributed by atoms with Gasteiger partial charge in [-0.3, -0.25) is 0 Å². The fourth-order valence-corrected chi connectivity index (χ4v) is 3.02. The Balaban J connectivity index is 1.85. The van der Waals surface area contributed by atoms with Crippen molar-refractivity contribution in [3.63, 3.8) is 0 Å². The van der Waals surface area contributed by atoms with Gasteiger partial charge in [0, 0.05) is 6.42 Å². The van der Waals surface area contributed by atoms with Crippen LogP contribution in [0, 0.1) is 6.92 Å². The van der Waals surface area contributed by atoms with Crippen molar-refractivity contribution in [1.82, 2.24) is 5.32 Å². The second-order valence-corrected chi connectivity index (χ2v) is 5.51. The predicted octanol–water partition coefficient (Wildman–Crippen LogP) is 3.27. The van der Waals surface area contributed by atoms with Gasteiger partial charge in [-0.15, -0.1) is 0 Å². The molecule has 21 heavy (non-hydrogen) atoms. The molecule has 0 saturated carbocycles. The Morgan fingerprint density at radius 1 is 1.10 bits per heavy atom. The normalized spacial score (nSPS) is 20.1. The number of likely N-dealkylation sites (N-methyl/N-ethyl adjacent to an activating group) is 1. The highest BCUT2D eigenvalue weighted by Crippen LogP contribution is 2.36. The zero-order chi connectivity index (χ0) is 14.8. The van der Waals surface area contributed by atoms with E-state index in [2.05, 4.69) is 36.5 Å². The summed E-state index contributed by atoms with van der Waals surface area (Å²) in [4.78, 5) is 0. The highest BCUT2D eigenvalue weighted by Gasteiger charge is 2.33. The zero-order valence-corrected chi connectivity index (χ0v) is 12.7. The third kappa shape index (κ3) is 2.74. The second-order valence-electron chi connectivity index (χ2n) is 5.51. The summed E-state index contributed by atoms with van der Waals surface area (Å²) in [5.41, 5.74) is 3.81. The molecule has 1 N–H and O–H groups in total. The quantitative estimate of drug-likeness (QED) is 0.934. The minimum atomic E-state index is 0.110. The first-order chi connectivity index (χ1) is 10.2. The summed E-state index contributed by atoms with van der Waals surface area (Å²) < 4.78 is 11.5. The Morgan fingerprint density at radius 2 is 1.95 bits per heavy atom. The zero-order valence-electron chi connectivity index (χ0n) is 12.7. The summed E-state index contributed by atoms with van der Waals surface area (Å²) in [5, 5.41) is 3.38. The van der Waals surface area contributed by atoms with E-state index in [4.69, 9.17) is 9.47 Å². The van der Waals surface area contributed by atoms with Gasteiger partial charge in [0.25, 0.3) is 0 Å². The average molecular weight is 283 g/mol. The number of aryl methyl sites for hydroxylation is 1. The third-order valence-corrected chi connectivity index (χ3v) is 4.07. The number of hydrogen-bond acceptors (Lipinski definition) is 3. The summed E-state index contributed by atoms with van der Waals surface area (Å²) in [6, 6.07) is 14.7. The Bertz CT molecular complexity index is 639. The van der Waals surface area contributed by atoms with Gasteiger partial charge in [0.1, 0.15) is 17.6 Å². The van der Waals surface area contributed by atoms with Crippen LogP contribution in [0.3, 0.4) is 0 Å². The molecule has 3 heteroatoms. The Hall–Kier alpha value is -2.00. The molecule has 1 aliphatic carbocycles. The van der Waals surface area contributed by atoms with Gasteiger partial charge in [-0.1, -0.05) is 18.2 Å². The molecule has 0 spiro atoms. The number of hydrogen-bond donors (Lipinski definition) is 1. The molecule has 0 heterocycles. The lowest BCUT2D eigenvalue weighted by atomic mass is 10.1. The fraction of sp³-hybridized carbons (Fsp3) is 0.333. The molecule has 0 bridgehead atoms. The van der Waals surface area contributed by atoms with E-state index in [1.165, 1.54) is 16.7 Å². The summed E-state index contributed by atoms with van der Waals surface area (Å²) in [6.45, 7) is 2.08. The molecule has 0 aliphatic heterocycles. The first-order valence-corrected chi connectivity index (χ1v) is 7.28. The van der Waals surface area contributed by atoms with E-state index in [1.54, 1.807) is 7.11 Å². The average Bonchev–Trinajstić information content (AvgIpc) is 2.83. The van der Waals surface area contributed by atoms with Crippen LogP contribution in [0.5, 0.6) is 11.5 Å². The third-order valence-electron chi connectivity index (χ3n) is 4.07. The van der Waals surface area contributed by atoms with Crippen LogP contribution in [0.2, 0.25) is 0 Å². The predicted molar refractivity (Wildman–Crippen MR) is 84.1 cm³/mol. The topological polar surface area (TPSA) is 30.5 Å². The van der Waals surface area contributed by atoms with Crippen molar-refractivity contribution in [2.45, 2.75) is 25.5 Å². The van der Waals surface area contributed by atoms with Crippen molar-refractivity contribution in [2.24, 2.45) is 0 Å². The Morgan fingerprint density at radius 3 is 2.67 bits per heavy atom. The maximum atomic E-state index is 6.21. The number of methoxy groups -OCH3 is 1. The van der Waals surface area contributed by atoms with E-state index in [1.807, 2.05) is 25.2 Å². The van der Waals surface area contributed by atoms with Crippen LogP contribution in [0.1, 0.15) is 22.7 Å². The number of rotatable bonds is 4. The molecule has 0 amide bonds. The maximum Gasteiger partial charge on any atom is 0.122 e. The van der Waals surface area contributed by atoms with Gasteiger partial charge >= 0.3 is 0 Å². The summed E-state index contributed by atoms with van der Waals surface area (Å²) in [6.07, 6.45) is 1.03. The maximum absolute atomic E-state index is 6.21. The van der Waals surface area contributed by atoms with Crippen LogP contribution in [-0.4, -0.2) is 20.3 Å². The smallest absolute Gasteiger partial charge is 0.122 e. The number of benzene rings is 2. The van der Waals surface area contributed by atoms with Gasteiger partial charge in [0.05, 0.1) is 13.2 Å². The molecule has 2 aromatic carbocycles. The molecule has 0 aromatic heterocycles. The minimum absolute atomic E-state index is 0.110. The molecule has 2 unspecified atom stereocenters.